The summed E-state index contributed by atoms with van der Waals surface area (Å²) < 4.78 is 0.960. The lowest BCUT2D eigenvalue weighted by atomic mass is 10.1. The molecule has 0 aliphatic carbocycles. The third-order valence-electron chi connectivity index (χ3n) is 2.39. The van der Waals surface area contributed by atoms with Crippen molar-refractivity contribution >= 4 is 33.4 Å². The molecular formula is C12H15BrClNO. The number of hydrogen-bond acceptors (Lipinski definition) is 1. The summed E-state index contributed by atoms with van der Waals surface area (Å²) in [4.78, 5) is 11.8. The first kappa shape index (κ1) is 13.5. The smallest absolute Gasteiger partial charge is 0.251 e. The van der Waals surface area contributed by atoms with E-state index in [0.717, 1.165) is 4.47 Å². The number of alkyl halides is 1. The Morgan fingerprint density at radius 2 is 1.94 bits per heavy atom. The minimum atomic E-state index is -0.0770. The van der Waals surface area contributed by atoms with E-state index in [-0.39, 0.29) is 11.9 Å². The first-order chi connectivity index (χ1) is 7.54. The van der Waals surface area contributed by atoms with E-state index >= 15 is 0 Å². The van der Waals surface area contributed by atoms with Crippen molar-refractivity contribution in [1.82, 2.24) is 5.32 Å². The highest BCUT2D eigenvalue weighted by atomic mass is 79.9. The Kier molecular flexibility index (Phi) is 5.29. The molecule has 16 heavy (non-hydrogen) atoms. The normalized spacial score (nSPS) is 12.6. The van der Waals surface area contributed by atoms with E-state index in [9.17, 15) is 4.79 Å². The van der Waals surface area contributed by atoms with Gasteiger partial charge in [-0.1, -0.05) is 29.8 Å². The Hall–Kier alpha value is -0.540. The molecule has 0 heterocycles. The van der Waals surface area contributed by atoms with Crippen molar-refractivity contribution in [3.05, 3.63) is 34.3 Å². The van der Waals surface area contributed by atoms with E-state index in [4.69, 9.17) is 11.6 Å². The van der Waals surface area contributed by atoms with Crippen molar-refractivity contribution in [3.8, 4) is 0 Å². The van der Waals surface area contributed by atoms with Crippen LogP contribution >= 0.6 is 27.5 Å². The number of rotatable bonds is 4. The second-order valence-electron chi connectivity index (χ2n) is 3.99. The molecule has 1 aromatic rings. The average Bonchev–Trinajstić information content (AvgIpc) is 2.26. The summed E-state index contributed by atoms with van der Waals surface area (Å²) in [6, 6.07) is 7.27. The fourth-order valence-electron chi connectivity index (χ4n) is 1.24. The highest BCUT2D eigenvalue weighted by molar-refractivity contribution is 9.10. The highest BCUT2D eigenvalue weighted by Gasteiger charge is 2.15. The summed E-state index contributed by atoms with van der Waals surface area (Å²) in [5.74, 6) is 0.684. The number of nitrogens with one attached hydrogen (secondary N) is 1. The van der Waals surface area contributed by atoms with Gasteiger partial charge in [-0.3, -0.25) is 4.79 Å². The number of amides is 1. The summed E-state index contributed by atoms with van der Waals surface area (Å²) in [6.07, 6.45) is 0. The van der Waals surface area contributed by atoms with Gasteiger partial charge in [0.1, 0.15) is 0 Å². The van der Waals surface area contributed by atoms with Crippen LogP contribution in [0.25, 0.3) is 0 Å². The Morgan fingerprint density at radius 1 is 1.38 bits per heavy atom. The van der Waals surface area contributed by atoms with Crippen molar-refractivity contribution in [2.75, 3.05) is 5.88 Å². The van der Waals surface area contributed by atoms with E-state index in [2.05, 4.69) is 21.2 Å². The summed E-state index contributed by atoms with van der Waals surface area (Å²) in [7, 11) is 0. The largest absolute Gasteiger partial charge is 0.348 e. The first-order valence-electron chi connectivity index (χ1n) is 5.17. The monoisotopic (exact) mass is 303 g/mol. The molecule has 88 valence electrons. The minimum Gasteiger partial charge on any atom is -0.348 e. The van der Waals surface area contributed by atoms with Gasteiger partial charge in [0.25, 0.3) is 5.91 Å². The van der Waals surface area contributed by atoms with Gasteiger partial charge in [-0.05, 0) is 30.2 Å². The summed E-state index contributed by atoms with van der Waals surface area (Å²) in [6.45, 7) is 4.07. The van der Waals surface area contributed by atoms with Gasteiger partial charge in [0, 0.05) is 22.0 Å². The van der Waals surface area contributed by atoms with E-state index in [1.807, 2.05) is 26.0 Å². The van der Waals surface area contributed by atoms with Crippen molar-refractivity contribution in [2.45, 2.75) is 19.9 Å². The Bertz CT molecular complexity index is 351. The zero-order valence-corrected chi connectivity index (χ0v) is 11.7. The maximum Gasteiger partial charge on any atom is 0.251 e. The van der Waals surface area contributed by atoms with Gasteiger partial charge in [0.05, 0.1) is 0 Å². The van der Waals surface area contributed by atoms with E-state index < -0.39 is 0 Å². The van der Waals surface area contributed by atoms with Gasteiger partial charge in [0.15, 0.2) is 0 Å². The molecule has 1 amide bonds. The summed E-state index contributed by atoms with van der Waals surface area (Å²) >= 11 is 9.13. The standard InChI is InChI=1S/C12H15BrClNO/c1-8(2)11(7-14)15-12(16)9-3-5-10(13)6-4-9/h3-6,8,11H,7H2,1-2H3,(H,15,16). The molecule has 0 aliphatic rings. The molecule has 0 bridgehead atoms. The second-order valence-corrected chi connectivity index (χ2v) is 5.21. The molecule has 0 radical (unpaired) electrons. The topological polar surface area (TPSA) is 29.1 Å². The molecule has 0 saturated carbocycles. The number of halogens is 2. The summed E-state index contributed by atoms with van der Waals surface area (Å²) in [5, 5.41) is 2.92. The van der Waals surface area contributed by atoms with Crippen molar-refractivity contribution in [3.63, 3.8) is 0 Å². The molecular weight excluding hydrogens is 289 g/mol. The number of hydrogen-bond donors (Lipinski definition) is 1. The maximum atomic E-state index is 11.8. The lowest BCUT2D eigenvalue weighted by Gasteiger charge is -2.19. The lowest BCUT2D eigenvalue weighted by Crippen LogP contribution is -2.39. The fourth-order valence-corrected chi connectivity index (χ4v) is 1.93. The van der Waals surface area contributed by atoms with Crippen LogP contribution in [-0.4, -0.2) is 17.8 Å². The molecule has 1 atom stereocenters. The predicted molar refractivity (Wildman–Crippen MR) is 71.0 cm³/mol. The van der Waals surface area contributed by atoms with Crippen LogP contribution in [0.1, 0.15) is 24.2 Å². The molecule has 0 aromatic heterocycles. The maximum absolute atomic E-state index is 11.8. The molecule has 1 N–H and O–H groups in total. The molecule has 2 nitrogen and oxygen atoms in total. The highest BCUT2D eigenvalue weighted by Crippen LogP contribution is 2.11. The van der Waals surface area contributed by atoms with Crippen molar-refractivity contribution < 1.29 is 4.79 Å². The number of benzene rings is 1. The van der Waals surface area contributed by atoms with Crippen LogP contribution < -0.4 is 5.32 Å². The lowest BCUT2D eigenvalue weighted by molar-refractivity contribution is 0.0931. The van der Waals surface area contributed by atoms with Crippen LogP contribution in [0, 0.1) is 5.92 Å². The summed E-state index contributed by atoms with van der Waals surface area (Å²) in [5.41, 5.74) is 0.652. The van der Waals surface area contributed by atoms with E-state index in [1.54, 1.807) is 12.1 Å². The fraction of sp³-hybridized carbons (Fsp3) is 0.417. The SMILES string of the molecule is CC(C)C(CCl)NC(=O)c1ccc(Br)cc1. The molecule has 0 spiro atoms. The van der Waals surface area contributed by atoms with Gasteiger partial charge in [-0.2, -0.15) is 0 Å². The zero-order valence-electron chi connectivity index (χ0n) is 9.34. The predicted octanol–water partition coefficient (Wildman–Crippen LogP) is 3.44. The Labute approximate surface area is 110 Å². The molecule has 0 saturated heterocycles. The number of carbonyl (C=O) groups excluding carboxylic acids is 1. The quantitative estimate of drug-likeness (QED) is 0.848. The molecule has 1 rings (SSSR count). The Morgan fingerprint density at radius 3 is 2.38 bits per heavy atom. The minimum absolute atomic E-state index is 0.0119. The average molecular weight is 305 g/mol. The third-order valence-corrected chi connectivity index (χ3v) is 3.26. The van der Waals surface area contributed by atoms with Crippen molar-refractivity contribution in [1.29, 1.82) is 0 Å². The van der Waals surface area contributed by atoms with Gasteiger partial charge < -0.3 is 5.32 Å². The van der Waals surface area contributed by atoms with E-state index in [1.165, 1.54) is 0 Å². The molecule has 1 unspecified atom stereocenters. The Balaban J connectivity index is 2.68. The van der Waals surface area contributed by atoms with Gasteiger partial charge >= 0.3 is 0 Å². The molecule has 1 aromatic carbocycles. The van der Waals surface area contributed by atoms with Crippen LogP contribution in [0.5, 0.6) is 0 Å². The second kappa shape index (κ2) is 6.26. The van der Waals surface area contributed by atoms with Crippen LogP contribution in [0.15, 0.2) is 28.7 Å². The van der Waals surface area contributed by atoms with Gasteiger partial charge in [-0.25, -0.2) is 0 Å². The van der Waals surface area contributed by atoms with E-state index in [0.29, 0.717) is 17.4 Å². The molecule has 0 aliphatic heterocycles. The molecule has 4 heteroatoms. The van der Waals surface area contributed by atoms with Gasteiger partial charge in [0.2, 0.25) is 0 Å². The van der Waals surface area contributed by atoms with Crippen LogP contribution in [0.3, 0.4) is 0 Å². The first-order valence-corrected chi connectivity index (χ1v) is 6.49. The third kappa shape index (κ3) is 3.80. The zero-order chi connectivity index (χ0) is 12.1. The van der Waals surface area contributed by atoms with Crippen LogP contribution in [0.2, 0.25) is 0 Å². The molecule has 0 fully saturated rings. The van der Waals surface area contributed by atoms with Crippen LogP contribution in [0.4, 0.5) is 0 Å². The number of carbonyl (C=O) groups is 1. The van der Waals surface area contributed by atoms with Crippen LogP contribution in [-0.2, 0) is 0 Å². The van der Waals surface area contributed by atoms with Gasteiger partial charge in [-0.15, -0.1) is 11.6 Å². The van der Waals surface area contributed by atoms with Crippen molar-refractivity contribution in [2.24, 2.45) is 5.92 Å².